The number of carboxylic acid groups (broad SMARTS) is 1. The molecule has 2 aliphatic carbocycles. The maximum Gasteiger partial charge on any atom is 0.325 e. The Kier molecular flexibility index (Phi) is 4.63. The number of rotatable bonds is 7. The van der Waals surface area contributed by atoms with Crippen LogP contribution in [0.2, 0.25) is 5.02 Å². The van der Waals surface area contributed by atoms with E-state index in [1.807, 2.05) is 6.08 Å². The molecule has 2 bridgehead atoms. The van der Waals surface area contributed by atoms with Crippen LogP contribution in [-0.4, -0.2) is 42.8 Å². The molecule has 0 aromatic carbocycles. The summed E-state index contributed by atoms with van der Waals surface area (Å²) < 4.78 is 1.28. The van der Waals surface area contributed by atoms with Crippen LogP contribution in [0.5, 0.6) is 0 Å². The summed E-state index contributed by atoms with van der Waals surface area (Å²) in [4.78, 5) is 31.1. The van der Waals surface area contributed by atoms with Crippen molar-refractivity contribution < 1.29 is 14.7 Å². The van der Waals surface area contributed by atoms with Crippen molar-refractivity contribution in [3.63, 3.8) is 0 Å². The van der Waals surface area contributed by atoms with E-state index in [2.05, 4.69) is 31.8 Å². The van der Waals surface area contributed by atoms with Gasteiger partial charge in [-0.3, -0.25) is 14.3 Å². The lowest BCUT2D eigenvalue weighted by atomic mass is 9.88. The molecule has 28 heavy (non-hydrogen) atoms. The van der Waals surface area contributed by atoms with E-state index >= 15 is 0 Å². The summed E-state index contributed by atoms with van der Waals surface area (Å²) in [6.07, 6.45) is 9.46. The van der Waals surface area contributed by atoms with Crippen LogP contribution in [0, 0.1) is 17.8 Å². The number of primary amides is 1. The number of carbonyl (C=O) groups is 2. The van der Waals surface area contributed by atoms with Crippen LogP contribution in [0.4, 0.5) is 17.5 Å². The first-order valence-electron chi connectivity index (χ1n) is 8.68. The average molecular weight is 404 g/mol. The molecule has 5 N–H and O–H groups in total. The first kappa shape index (κ1) is 18.2. The van der Waals surface area contributed by atoms with Gasteiger partial charge < -0.3 is 21.5 Å². The highest BCUT2D eigenvalue weighted by molar-refractivity contribution is 6.32. The van der Waals surface area contributed by atoms with Crippen LogP contribution in [0.25, 0.3) is 0 Å². The van der Waals surface area contributed by atoms with Crippen molar-refractivity contribution in [2.45, 2.75) is 19.0 Å². The van der Waals surface area contributed by atoms with Crippen molar-refractivity contribution in [2.75, 3.05) is 10.6 Å². The molecule has 11 heteroatoms. The predicted octanol–water partition coefficient (Wildman–Crippen LogP) is 1.24. The van der Waals surface area contributed by atoms with Crippen molar-refractivity contribution in [1.29, 1.82) is 0 Å². The van der Waals surface area contributed by atoms with E-state index < -0.39 is 5.97 Å². The molecule has 4 rings (SSSR count). The van der Waals surface area contributed by atoms with Gasteiger partial charge in [0, 0.05) is 12.2 Å². The Bertz CT molecular complexity index is 960. The second kappa shape index (κ2) is 7.12. The Morgan fingerprint density at radius 2 is 2.11 bits per heavy atom. The molecule has 2 aromatic heterocycles. The number of amides is 1. The minimum absolute atomic E-state index is 0.137. The van der Waals surface area contributed by atoms with E-state index in [9.17, 15) is 9.59 Å². The minimum atomic E-state index is -0.993. The molecule has 1 saturated carbocycles. The Morgan fingerprint density at radius 3 is 2.86 bits per heavy atom. The summed E-state index contributed by atoms with van der Waals surface area (Å²) in [5.41, 5.74) is 6.13. The zero-order valence-corrected chi connectivity index (χ0v) is 15.4. The number of aromatic nitrogens is 4. The van der Waals surface area contributed by atoms with Gasteiger partial charge in [0.25, 0.3) is 0 Å². The molecule has 2 aromatic rings. The van der Waals surface area contributed by atoms with Gasteiger partial charge in [0.1, 0.15) is 11.6 Å². The van der Waals surface area contributed by atoms with Gasteiger partial charge in [0.05, 0.1) is 24.0 Å². The quantitative estimate of drug-likeness (QED) is 0.504. The zero-order valence-electron chi connectivity index (χ0n) is 14.6. The van der Waals surface area contributed by atoms with Crippen molar-refractivity contribution >= 4 is 40.9 Å². The van der Waals surface area contributed by atoms with Gasteiger partial charge in [-0.1, -0.05) is 23.8 Å². The van der Waals surface area contributed by atoms with E-state index in [0.29, 0.717) is 16.5 Å². The van der Waals surface area contributed by atoms with Gasteiger partial charge in [0.15, 0.2) is 5.82 Å². The van der Waals surface area contributed by atoms with Crippen molar-refractivity contribution in [1.82, 2.24) is 19.7 Å². The number of allylic oxidation sites excluding steroid dienone is 1. The summed E-state index contributed by atoms with van der Waals surface area (Å²) in [5, 5.41) is 19.3. The highest BCUT2D eigenvalue weighted by Gasteiger charge is 2.47. The van der Waals surface area contributed by atoms with Crippen LogP contribution in [0.15, 0.2) is 30.7 Å². The number of nitrogens with zero attached hydrogens (tertiary/aromatic N) is 4. The summed E-state index contributed by atoms with van der Waals surface area (Å²) in [6, 6.07) is -0.175. The maximum absolute atomic E-state index is 11.9. The summed E-state index contributed by atoms with van der Waals surface area (Å²) in [5.74, 6) is -0.661. The third kappa shape index (κ3) is 3.50. The molecule has 0 unspecified atom stereocenters. The van der Waals surface area contributed by atoms with Crippen LogP contribution >= 0.6 is 11.6 Å². The smallest absolute Gasteiger partial charge is 0.325 e. The Balaban J connectivity index is 1.51. The van der Waals surface area contributed by atoms with E-state index in [4.69, 9.17) is 22.4 Å². The summed E-state index contributed by atoms with van der Waals surface area (Å²) in [6.45, 7) is -0.248. The molecule has 146 valence electrons. The molecule has 10 nitrogen and oxygen atoms in total. The fraction of sp³-hybridized carbons (Fsp3) is 0.353. The van der Waals surface area contributed by atoms with Crippen molar-refractivity contribution in [3.05, 3.63) is 35.8 Å². The number of hydrogen-bond donors (Lipinski definition) is 4. The fourth-order valence-electron chi connectivity index (χ4n) is 3.88. The minimum Gasteiger partial charge on any atom is -0.480 e. The van der Waals surface area contributed by atoms with Crippen LogP contribution in [0.3, 0.4) is 0 Å². The molecule has 1 amide bonds. The first-order chi connectivity index (χ1) is 13.4. The molecule has 0 spiro atoms. The Morgan fingerprint density at radius 1 is 1.32 bits per heavy atom. The number of anilines is 3. The third-order valence-electron chi connectivity index (χ3n) is 5.02. The molecule has 0 radical (unpaired) electrons. The molecule has 2 heterocycles. The molecule has 0 saturated heterocycles. The van der Waals surface area contributed by atoms with E-state index in [1.54, 1.807) is 0 Å². The first-order valence-corrected chi connectivity index (χ1v) is 9.06. The zero-order chi connectivity index (χ0) is 19.8. The Labute approximate surface area is 164 Å². The van der Waals surface area contributed by atoms with Gasteiger partial charge in [-0.15, -0.1) is 0 Å². The van der Waals surface area contributed by atoms with Gasteiger partial charge in [-0.2, -0.15) is 10.1 Å². The standard InChI is InChI=1S/C17H18ClN7O3/c18-11-5-20-17(22-10-4-21-25(6-10)7-12(26)27)24-16(11)23-14-9-2-1-8(3-9)13(14)15(19)28/h1-2,4-6,8-9,13-14H,3,7H2,(H2,19,28)(H,26,27)(H2,20,22,23,24)/t8-,9-,13-,14-/m1/s1. The Hall–Kier alpha value is -3.14. The van der Waals surface area contributed by atoms with E-state index in [-0.39, 0.29) is 42.2 Å². The van der Waals surface area contributed by atoms with Gasteiger partial charge in [0.2, 0.25) is 11.9 Å². The van der Waals surface area contributed by atoms with Gasteiger partial charge >= 0.3 is 5.97 Å². The number of nitrogens with one attached hydrogen (secondary N) is 2. The largest absolute Gasteiger partial charge is 0.480 e. The number of carboxylic acids is 1. The number of fused-ring (bicyclic) bond motifs is 2. The number of nitrogens with two attached hydrogens (primary N) is 1. The van der Waals surface area contributed by atoms with E-state index in [1.165, 1.54) is 23.3 Å². The molecule has 2 aliphatic rings. The highest BCUT2D eigenvalue weighted by atomic mass is 35.5. The molecular formula is C17H18ClN7O3. The van der Waals surface area contributed by atoms with Crippen LogP contribution in [0.1, 0.15) is 6.42 Å². The second-order valence-corrected chi connectivity index (χ2v) is 7.29. The maximum atomic E-state index is 11.9. The summed E-state index contributed by atoms with van der Waals surface area (Å²) in [7, 11) is 0. The molecule has 1 fully saturated rings. The number of halogens is 1. The van der Waals surface area contributed by atoms with Gasteiger partial charge in [-0.05, 0) is 18.3 Å². The highest BCUT2D eigenvalue weighted by Crippen LogP contribution is 2.45. The van der Waals surface area contributed by atoms with Gasteiger partial charge in [-0.25, -0.2) is 4.98 Å². The number of carbonyl (C=O) groups excluding carboxylic acids is 1. The summed E-state index contributed by atoms with van der Waals surface area (Å²) >= 11 is 6.24. The van der Waals surface area contributed by atoms with Crippen LogP contribution < -0.4 is 16.4 Å². The molecule has 0 aliphatic heterocycles. The predicted molar refractivity (Wildman–Crippen MR) is 101 cm³/mol. The van der Waals surface area contributed by atoms with Crippen molar-refractivity contribution in [3.8, 4) is 0 Å². The molecule has 4 atom stereocenters. The topological polar surface area (TPSA) is 148 Å². The lowest BCUT2D eigenvalue weighted by Crippen LogP contribution is -2.41. The van der Waals surface area contributed by atoms with Crippen LogP contribution in [-0.2, 0) is 16.1 Å². The lowest BCUT2D eigenvalue weighted by Gasteiger charge is -2.27. The lowest BCUT2D eigenvalue weighted by molar-refractivity contribution is -0.137. The molecular weight excluding hydrogens is 386 g/mol. The van der Waals surface area contributed by atoms with E-state index in [0.717, 1.165) is 6.42 Å². The monoisotopic (exact) mass is 403 g/mol. The normalized spacial score (nSPS) is 25.0. The number of hydrogen-bond acceptors (Lipinski definition) is 7. The second-order valence-electron chi connectivity index (χ2n) is 6.88. The average Bonchev–Trinajstić information content (AvgIpc) is 3.33. The third-order valence-corrected chi connectivity index (χ3v) is 5.30. The SMILES string of the molecule is NC(=O)[C@H]1[C@H](Nc2nc(Nc3cnn(CC(=O)O)c3)ncc2Cl)[C@@H]2C=C[C@@H]1C2. The van der Waals surface area contributed by atoms with Crippen molar-refractivity contribution in [2.24, 2.45) is 23.5 Å². The number of aliphatic carboxylic acids is 1. The fourth-order valence-corrected chi connectivity index (χ4v) is 4.02.